The van der Waals surface area contributed by atoms with Crippen LogP contribution in [0.3, 0.4) is 0 Å². The highest BCUT2D eigenvalue weighted by Gasteiger charge is 2.63. The lowest BCUT2D eigenvalue weighted by molar-refractivity contribution is -0.146. The van der Waals surface area contributed by atoms with E-state index in [0.29, 0.717) is 37.9 Å². The first-order chi connectivity index (χ1) is 12.2. The fourth-order valence-electron chi connectivity index (χ4n) is 5.15. The molecule has 3 aliphatic rings. The quantitative estimate of drug-likeness (QED) is 0.461. The Morgan fingerprint density at radius 3 is 2.63 bits per heavy atom. The Labute approximate surface area is 158 Å². The molecule has 152 valence electrons. The van der Waals surface area contributed by atoms with Crippen LogP contribution in [0.25, 0.3) is 0 Å². The van der Waals surface area contributed by atoms with Crippen LogP contribution in [0.2, 0.25) is 0 Å². The minimum Gasteiger partial charge on any atom is -0.504 e. The summed E-state index contributed by atoms with van der Waals surface area (Å²) in [6.07, 6.45) is 2.63. The maximum Gasteiger partial charge on any atom is 0.300 e. The molecule has 7 N–H and O–H groups in total. The van der Waals surface area contributed by atoms with Crippen LogP contribution < -0.4 is 10.1 Å². The van der Waals surface area contributed by atoms with Gasteiger partial charge in [-0.15, -0.1) is 0 Å². The maximum atomic E-state index is 11.5. The number of methoxy groups -OCH3 is 1. The summed E-state index contributed by atoms with van der Waals surface area (Å²) >= 11 is 0. The molecule has 8 nitrogen and oxygen atoms in total. The van der Waals surface area contributed by atoms with Gasteiger partial charge in [-0.2, -0.15) is 0 Å². The third kappa shape index (κ3) is 3.27. The summed E-state index contributed by atoms with van der Waals surface area (Å²) in [5.41, 5.74) is 0.341. The predicted molar refractivity (Wildman–Crippen MR) is 98.2 cm³/mol. The zero-order valence-corrected chi connectivity index (χ0v) is 15.7. The van der Waals surface area contributed by atoms with Gasteiger partial charge in [0.2, 0.25) is 0 Å². The van der Waals surface area contributed by atoms with Gasteiger partial charge in [0.1, 0.15) is 0 Å². The number of benzene rings is 1. The molecule has 4 rings (SSSR count). The average molecular weight is 383 g/mol. The van der Waals surface area contributed by atoms with E-state index in [4.69, 9.17) is 14.6 Å². The molecule has 1 saturated carbocycles. The Morgan fingerprint density at radius 2 is 2.00 bits per heavy atom. The summed E-state index contributed by atoms with van der Waals surface area (Å²) in [6.45, 7) is 1.87. The molecule has 4 atom stereocenters. The van der Waals surface area contributed by atoms with Gasteiger partial charge in [0.15, 0.2) is 11.5 Å². The van der Waals surface area contributed by atoms with Crippen LogP contribution in [0.5, 0.6) is 11.5 Å². The van der Waals surface area contributed by atoms with Crippen molar-refractivity contribution >= 4 is 5.97 Å². The van der Waals surface area contributed by atoms with Crippen LogP contribution in [0.4, 0.5) is 0 Å². The fraction of sp³-hybridized carbons (Fsp3) is 0.632. The normalized spacial score (nSPS) is 33.3. The Morgan fingerprint density at radius 1 is 1.33 bits per heavy atom. The van der Waals surface area contributed by atoms with E-state index in [-0.39, 0.29) is 17.3 Å². The van der Waals surface area contributed by atoms with Crippen molar-refractivity contribution in [1.29, 1.82) is 0 Å². The molecule has 27 heavy (non-hydrogen) atoms. The molecule has 2 fully saturated rings. The molecule has 0 unspecified atom stereocenters. The van der Waals surface area contributed by atoms with Gasteiger partial charge in [0, 0.05) is 23.9 Å². The molecule has 1 aliphatic heterocycles. The van der Waals surface area contributed by atoms with Gasteiger partial charge in [0.25, 0.3) is 5.97 Å². The van der Waals surface area contributed by atoms with Gasteiger partial charge >= 0.3 is 0 Å². The molecule has 1 saturated heterocycles. The lowest BCUT2D eigenvalue weighted by Crippen LogP contribution is -2.72. The first kappa shape index (κ1) is 21.4. The average Bonchev–Trinajstić information content (AvgIpc) is 2.54. The van der Waals surface area contributed by atoms with E-state index < -0.39 is 23.1 Å². The van der Waals surface area contributed by atoms with E-state index in [9.17, 15) is 15.3 Å². The second-order valence-electron chi connectivity index (χ2n) is 7.53. The number of hydrogen-bond donors (Lipinski definition) is 5. The van der Waals surface area contributed by atoms with E-state index in [1.54, 1.807) is 6.07 Å². The van der Waals surface area contributed by atoms with E-state index in [1.165, 1.54) is 7.11 Å². The van der Waals surface area contributed by atoms with Crippen LogP contribution in [0.15, 0.2) is 12.1 Å². The number of ether oxygens (including phenoxy) is 1. The summed E-state index contributed by atoms with van der Waals surface area (Å²) in [5, 5.41) is 43.4. The fourth-order valence-corrected chi connectivity index (χ4v) is 5.15. The Hall–Kier alpha value is -1.87. The number of piperidine rings is 1. The van der Waals surface area contributed by atoms with Gasteiger partial charge in [0.05, 0.1) is 18.8 Å². The van der Waals surface area contributed by atoms with Gasteiger partial charge in [-0.25, -0.2) is 0 Å². The van der Waals surface area contributed by atoms with E-state index in [1.807, 2.05) is 6.07 Å². The Balaban J connectivity index is 0.000000479. The molecular formula is C19H29NO7. The third-order valence-corrected chi connectivity index (χ3v) is 6.14. The molecule has 1 heterocycles. The summed E-state index contributed by atoms with van der Waals surface area (Å²) < 4.78 is 5.28. The highest BCUT2D eigenvalue weighted by atomic mass is 16.5. The van der Waals surface area contributed by atoms with Crippen LogP contribution in [-0.2, 0) is 16.6 Å². The topological polar surface area (TPSA) is 151 Å². The van der Waals surface area contributed by atoms with Crippen molar-refractivity contribution in [3.05, 3.63) is 23.3 Å². The monoisotopic (exact) mass is 383 g/mol. The molecule has 1 aromatic carbocycles. The molecule has 1 aromatic rings. The SMILES string of the molecule is CC(=O)O.COc1ccc2c(c1O)[C@]13CCN[C@H](C2)[C@]1(O)CC[C@@H](O)C3.O. The highest BCUT2D eigenvalue weighted by Crippen LogP contribution is 2.59. The zero-order chi connectivity index (χ0) is 19.1. The van der Waals surface area contributed by atoms with Gasteiger partial charge in [-0.1, -0.05) is 6.07 Å². The van der Waals surface area contributed by atoms with Crippen molar-refractivity contribution in [1.82, 2.24) is 5.32 Å². The van der Waals surface area contributed by atoms with Gasteiger partial charge in [-0.3, -0.25) is 4.79 Å². The summed E-state index contributed by atoms with van der Waals surface area (Å²) in [7, 11) is 1.54. The minimum absolute atomic E-state index is 0. The largest absolute Gasteiger partial charge is 0.504 e. The summed E-state index contributed by atoms with van der Waals surface area (Å²) in [4.78, 5) is 9.00. The molecule has 0 amide bonds. The van der Waals surface area contributed by atoms with Crippen LogP contribution in [-0.4, -0.2) is 63.3 Å². The van der Waals surface area contributed by atoms with Crippen LogP contribution in [0.1, 0.15) is 43.7 Å². The van der Waals surface area contributed by atoms with Crippen LogP contribution >= 0.6 is 0 Å². The van der Waals surface area contributed by atoms with Crippen molar-refractivity contribution in [3.8, 4) is 11.5 Å². The van der Waals surface area contributed by atoms with Crippen LogP contribution in [0, 0.1) is 0 Å². The molecule has 2 bridgehead atoms. The first-order valence-electron chi connectivity index (χ1n) is 8.98. The summed E-state index contributed by atoms with van der Waals surface area (Å²) in [5.74, 6) is -0.264. The second-order valence-corrected chi connectivity index (χ2v) is 7.53. The minimum atomic E-state index is -0.915. The molecule has 0 aromatic heterocycles. The number of carbonyl (C=O) groups is 1. The Kier molecular flexibility index (Phi) is 6.06. The second kappa shape index (κ2) is 7.63. The van der Waals surface area contributed by atoms with E-state index in [2.05, 4.69) is 5.32 Å². The molecule has 8 heteroatoms. The molecular weight excluding hydrogens is 354 g/mol. The van der Waals surface area contributed by atoms with Crippen molar-refractivity contribution in [2.24, 2.45) is 0 Å². The van der Waals surface area contributed by atoms with Crippen molar-refractivity contribution < 1.29 is 35.4 Å². The third-order valence-electron chi connectivity index (χ3n) is 6.14. The predicted octanol–water partition coefficient (Wildman–Crippen LogP) is 0.0987. The number of hydrogen-bond acceptors (Lipinski definition) is 6. The Bertz CT molecular complexity index is 706. The van der Waals surface area contributed by atoms with Crippen molar-refractivity contribution in [2.45, 2.75) is 62.2 Å². The number of nitrogens with one attached hydrogen (secondary N) is 1. The van der Waals surface area contributed by atoms with Gasteiger partial charge in [-0.05, 0) is 50.3 Å². The lowest BCUT2D eigenvalue weighted by atomic mass is 9.49. The number of aromatic hydroxyl groups is 1. The molecule has 0 spiro atoms. The number of phenolic OH excluding ortho intramolecular Hbond substituents is 1. The number of carboxylic acid groups (broad SMARTS) is 1. The first-order valence-corrected chi connectivity index (χ1v) is 8.98. The number of rotatable bonds is 1. The number of aliphatic hydroxyl groups is 2. The van der Waals surface area contributed by atoms with Crippen molar-refractivity contribution in [2.75, 3.05) is 13.7 Å². The van der Waals surface area contributed by atoms with Gasteiger partial charge < -0.3 is 36.0 Å². The number of aliphatic carboxylic acids is 1. The number of carboxylic acids is 1. The maximum absolute atomic E-state index is 11.5. The number of fused-ring (bicyclic) bond motifs is 1. The number of aliphatic hydroxyl groups excluding tert-OH is 1. The molecule has 0 radical (unpaired) electrons. The van der Waals surface area contributed by atoms with E-state index >= 15 is 0 Å². The highest BCUT2D eigenvalue weighted by molar-refractivity contribution is 5.63. The molecule has 2 aliphatic carbocycles. The van der Waals surface area contributed by atoms with Crippen molar-refractivity contribution in [3.63, 3.8) is 0 Å². The smallest absolute Gasteiger partial charge is 0.300 e. The zero-order valence-electron chi connectivity index (χ0n) is 15.7. The lowest BCUT2D eigenvalue weighted by Gasteiger charge is -2.61. The summed E-state index contributed by atoms with van der Waals surface area (Å²) in [6, 6.07) is 3.74. The van der Waals surface area contributed by atoms with E-state index in [0.717, 1.165) is 24.6 Å². The standard InChI is InChI=1S/C17H23NO4.C2H4O2.H2O/c1-22-12-3-2-10-8-13-17(21)5-4-11(19)9-16(17,6-7-18-13)14(10)15(12)20;1-2(3)4;/h2-3,11,13,18-21H,4-9H2,1H3;1H3,(H,3,4);1H2/t11-,13-,16-,17-;;/m1../s1. The number of phenols is 1.